The maximum Gasteiger partial charge on any atom is 0.236 e. The van der Waals surface area contributed by atoms with E-state index in [2.05, 4.69) is 4.90 Å². The number of piperazine rings is 1. The van der Waals surface area contributed by atoms with Gasteiger partial charge in [0.25, 0.3) is 0 Å². The van der Waals surface area contributed by atoms with Crippen LogP contribution >= 0.6 is 11.6 Å². The molecule has 5 nitrogen and oxygen atoms in total. The molecule has 2 fully saturated rings. The van der Waals surface area contributed by atoms with Crippen LogP contribution in [0.2, 0.25) is 5.02 Å². The highest BCUT2D eigenvalue weighted by atomic mass is 35.5. The third-order valence-electron chi connectivity index (χ3n) is 4.93. The van der Waals surface area contributed by atoms with Gasteiger partial charge in [0.2, 0.25) is 11.8 Å². The summed E-state index contributed by atoms with van der Waals surface area (Å²) in [6.45, 7) is 4.57. The minimum absolute atomic E-state index is 0.0295. The molecule has 2 saturated heterocycles. The molecular formula is C18H23ClFN3O2. The minimum atomic E-state index is -0.448. The normalized spacial score (nSPS) is 18.6. The van der Waals surface area contributed by atoms with Crippen LogP contribution in [0.15, 0.2) is 18.2 Å². The molecule has 2 aliphatic heterocycles. The van der Waals surface area contributed by atoms with Gasteiger partial charge >= 0.3 is 0 Å². The molecule has 0 saturated carbocycles. The van der Waals surface area contributed by atoms with Gasteiger partial charge in [-0.3, -0.25) is 14.5 Å². The van der Waals surface area contributed by atoms with Crippen molar-refractivity contribution in [3.63, 3.8) is 0 Å². The van der Waals surface area contributed by atoms with Gasteiger partial charge in [-0.1, -0.05) is 17.7 Å². The number of benzene rings is 1. The lowest BCUT2D eigenvalue weighted by atomic mass is 10.1. The molecule has 0 radical (unpaired) electrons. The molecule has 0 unspecified atom stereocenters. The molecule has 2 heterocycles. The molecule has 1 aromatic carbocycles. The summed E-state index contributed by atoms with van der Waals surface area (Å²) in [5, 5.41) is 0.281. The van der Waals surface area contributed by atoms with Gasteiger partial charge in [-0.05, 0) is 25.0 Å². The molecule has 2 aliphatic rings. The molecule has 0 bridgehead atoms. The number of rotatable bonds is 4. The first-order chi connectivity index (χ1) is 12.0. The zero-order valence-electron chi connectivity index (χ0n) is 14.2. The summed E-state index contributed by atoms with van der Waals surface area (Å²) in [7, 11) is 0. The number of halogens is 2. The van der Waals surface area contributed by atoms with Gasteiger partial charge in [0.1, 0.15) is 5.82 Å². The van der Waals surface area contributed by atoms with Crippen molar-refractivity contribution in [1.82, 2.24) is 14.7 Å². The van der Waals surface area contributed by atoms with Crippen LogP contribution < -0.4 is 0 Å². The predicted molar refractivity (Wildman–Crippen MR) is 93.9 cm³/mol. The third kappa shape index (κ3) is 4.50. The Labute approximate surface area is 152 Å². The average Bonchev–Trinajstić information content (AvgIpc) is 3.13. The Kier molecular flexibility index (Phi) is 5.91. The van der Waals surface area contributed by atoms with Crippen LogP contribution in [-0.4, -0.2) is 72.3 Å². The van der Waals surface area contributed by atoms with E-state index in [1.54, 1.807) is 11.0 Å². The zero-order valence-corrected chi connectivity index (χ0v) is 15.0. The highest BCUT2D eigenvalue weighted by molar-refractivity contribution is 6.31. The van der Waals surface area contributed by atoms with Gasteiger partial charge < -0.3 is 9.80 Å². The maximum atomic E-state index is 13.8. The largest absolute Gasteiger partial charge is 0.342 e. The molecule has 0 spiro atoms. The summed E-state index contributed by atoms with van der Waals surface area (Å²) in [6.07, 6.45) is 2.15. The topological polar surface area (TPSA) is 43.9 Å². The van der Waals surface area contributed by atoms with E-state index < -0.39 is 5.82 Å². The van der Waals surface area contributed by atoms with E-state index in [1.807, 2.05) is 4.90 Å². The molecule has 3 rings (SSSR count). The summed E-state index contributed by atoms with van der Waals surface area (Å²) in [5.41, 5.74) is 0.251. The lowest BCUT2D eigenvalue weighted by Crippen LogP contribution is -2.51. The molecule has 2 amide bonds. The van der Waals surface area contributed by atoms with Crippen molar-refractivity contribution < 1.29 is 14.0 Å². The van der Waals surface area contributed by atoms with E-state index in [0.29, 0.717) is 32.7 Å². The second-order valence-electron chi connectivity index (χ2n) is 6.62. The van der Waals surface area contributed by atoms with E-state index in [4.69, 9.17) is 11.6 Å². The first-order valence-electron chi connectivity index (χ1n) is 8.75. The monoisotopic (exact) mass is 367 g/mol. The van der Waals surface area contributed by atoms with Gasteiger partial charge in [-0.15, -0.1) is 0 Å². The Morgan fingerprint density at radius 1 is 0.960 bits per heavy atom. The summed E-state index contributed by atoms with van der Waals surface area (Å²) < 4.78 is 13.8. The Morgan fingerprint density at radius 3 is 2.24 bits per heavy atom. The number of carbonyl (C=O) groups is 2. The molecule has 25 heavy (non-hydrogen) atoms. The van der Waals surface area contributed by atoms with E-state index in [9.17, 15) is 14.0 Å². The fraction of sp³-hybridized carbons (Fsp3) is 0.556. The van der Waals surface area contributed by atoms with Crippen LogP contribution in [0.3, 0.4) is 0 Å². The second-order valence-corrected chi connectivity index (χ2v) is 7.03. The molecule has 0 N–H and O–H groups in total. The quantitative estimate of drug-likeness (QED) is 0.815. The smallest absolute Gasteiger partial charge is 0.236 e. The summed E-state index contributed by atoms with van der Waals surface area (Å²) in [6, 6.07) is 4.44. The number of hydrogen-bond donors (Lipinski definition) is 0. The minimum Gasteiger partial charge on any atom is -0.342 e. The van der Waals surface area contributed by atoms with Crippen molar-refractivity contribution in [3.05, 3.63) is 34.6 Å². The van der Waals surface area contributed by atoms with Gasteiger partial charge in [0.15, 0.2) is 0 Å². The highest BCUT2D eigenvalue weighted by Gasteiger charge is 2.26. The predicted octanol–water partition coefficient (Wildman–Crippen LogP) is 1.79. The van der Waals surface area contributed by atoms with Gasteiger partial charge in [0, 0.05) is 49.9 Å². The van der Waals surface area contributed by atoms with Crippen LogP contribution in [0, 0.1) is 5.82 Å². The lowest BCUT2D eigenvalue weighted by Gasteiger charge is -2.35. The summed E-state index contributed by atoms with van der Waals surface area (Å²) in [5.74, 6) is -0.399. The second kappa shape index (κ2) is 8.15. The zero-order chi connectivity index (χ0) is 17.8. The molecule has 7 heteroatoms. The molecule has 136 valence electrons. The average molecular weight is 368 g/mol. The Balaban J connectivity index is 1.48. The van der Waals surface area contributed by atoms with Crippen LogP contribution in [0.25, 0.3) is 0 Å². The molecule has 0 aromatic heterocycles. The number of likely N-dealkylation sites (tertiary alicyclic amines) is 1. The van der Waals surface area contributed by atoms with E-state index in [0.717, 1.165) is 25.9 Å². The SMILES string of the molecule is O=C(Cc1c(F)cccc1Cl)N1CCN(CC(=O)N2CCCC2)CC1. The number of carbonyl (C=O) groups excluding carboxylic acids is 2. The molecule has 1 aromatic rings. The van der Waals surface area contributed by atoms with Crippen LogP contribution in [0.1, 0.15) is 18.4 Å². The van der Waals surface area contributed by atoms with Crippen LogP contribution in [0.5, 0.6) is 0 Å². The first-order valence-corrected chi connectivity index (χ1v) is 9.13. The van der Waals surface area contributed by atoms with Crippen molar-refractivity contribution in [1.29, 1.82) is 0 Å². The van der Waals surface area contributed by atoms with Crippen molar-refractivity contribution in [2.24, 2.45) is 0 Å². The Hall–Kier alpha value is -1.66. The number of nitrogens with zero attached hydrogens (tertiary/aromatic N) is 3. The van der Waals surface area contributed by atoms with Gasteiger partial charge in [0.05, 0.1) is 13.0 Å². The molecule has 0 aliphatic carbocycles. The van der Waals surface area contributed by atoms with Crippen molar-refractivity contribution >= 4 is 23.4 Å². The van der Waals surface area contributed by atoms with E-state index in [-0.39, 0.29) is 28.8 Å². The van der Waals surface area contributed by atoms with Gasteiger partial charge in [-0.2, -0.15) is 0 Å². The van der Waals surface area contributed by atoms with Crippen molar-refractivity contribution in [3.8, 4) is 0 Å². The Bertz CT molecular complexity index is 621. The van der Waals surface area contributed by atoms with Crippen molar-refractivity contribution in [2.75, 3.05) is 45.8 Å². The summed E-state index contributed by atoms with van der Waals surface area (Å²) >= 11 is 5.99. The standard InChI is InChI=1S/C18H23ClFN3O2/c19-15-4-3-5-16(20)14(15)12-17(24)23-10-8-21(9-11-23)13-18(25)22-6-1-2-7-22/h3-5H,1-2,6-13H2. The van der Waals surface area contributed by atoms with Gasteiger partial charge in [-0.25, -0.2) is 4.39 Å². The van der Waals surface area contributed by atoms with E-state index >= 15 is 0 Å². The number of amides is 2. The Morgan fingerprint density at radius 2 is 1.60 bits per heavy atom. The number of hydrogen-bond acceptors (Lipinski definition) is 3. The molecular weight excluding hydrogens is 345 g/mol. The third-order valence-corrected chi connectivity index (χ3v) is 5.29. The van der Waals surface area contributed by atoms with Crippen LogP contribution in [0.4, 0.5) is 4.39 Å². The van der Waals surface area contributed by atoms with Crippen LogP contribution in [-0.2, 0) is 16.0 Å². The highest BCUT2D eigenvalue weighted by Crippen LogP contribution is 2.20. The first kappa shape index (κ1) is 18.1. The van der Waals surface area contributed by atoms with E-state index in [1.165, 1.54) is 12.1 Å². The maximum absolute atomic E-state index is 13.8. The lowest BCUT2D eigenvalue weighted by molar-refractivity contribution is -0.134. The molecule has 0 atom stereocenters. The fourth-order valence-electron chi connectivity index (χ4n) is 3.38. The summed E-state index contributed by atoms with van der Waals surface area (Å²) in [4.78, 5) is 30.3. The van der Waals surface area contributed by atoms with Crippen molar-refractivity contribution in [2.45, 2.75) is 19.3 Å². The fourth-order valence-corrected chi connectivity index (χ4v) is 3.61.